The Morgan fingerprint density at radius 2 is 2.00 bits per heavy atom. The maximum Gasteiger partial charge on any atom is 0.190 e. The number of allylic oxidation sites excluding steroid dienone is 1. The first-order chi connectivity index (χ1) is 6.04. The lowest BCUT2D eigenvalue weighted by atomic mass is 10.0. The predicted octanol–water partition coefficient (Wildman–Crippen LogP) is 1.61. The third kappa shape index (κ3) is 1.69. The van der Waals surface area contributed by atoms with Crippen molar-refractivity contribution in [3.63, 3.8) is 0 Å². The Labute approximate surface area is 77.0 Å². The van der Waals surface area contributed by atoms with Gasteiger partial charge in [-0.05, 0) is 24.6 Å². The van der Waals surface area contributed by atoms with Crippen LogP contribution in [0.1, 0.15) is 17.3 Å². The van der Waals surface area contributed by atoms with Crippen LogP contribution in [0.25, 0.3) is 0 Å². The van der Waals surface area contributed by atoms with E-state index in [1.165, 1.54) is 0 Å². The molecule has 68 valence electrons. The first kappa shape index (κ1) is 9.32. The standard InChI is InChI=1S/C10H12N2O/c1-6(2)10(13)7-4-3-5-8(11)9(7)12/h3-5H,1,11-12H2,2H3. The summed E-state index contributed by atoms with van der Waals surface area (Å²) in [5, 5.41) is 0. The van der Waals surface area contributed by atoms with Crippen molar-refractivity contribution in [3.8, 4) is 0 Å². The number of para-hydroxylation sites is 1. The van der Waals surface area contributed by atoms with Crippen molar-refractivity contribution in [2.45, 2.75) is 6.92 Å². The van der Waals surface area contributed by atoms with Gasteiger partial charge in [0.05, 0.1) is 11.4 Å². The van der Waals surface area contributed by atoms with Crippen molar-refractivity contribution in [2.75, 3.05) is 11.5 Å². The molecule has 0 aliphatic carbocycles. The number of anilines is 2. The number of Topliss-reactive ketones (excluding diaryl/α,β-unsaturated/α-hetero) is 1. The van der Waals surface area contributed by atoms with Crippen LogP contribution < -0.4 is 11.5 Å². The van der Waals surface area contributed by atoms with Crippen LogP contribution >= 0.6 is 0 Å². The Balaban J connectivity index is 3.23. The summed E-state index contributed by atoms with van der Waals surface area (Å²) in [5.74, 6) is -0.162. The van der Waals surface area contributed by atoms with Crippen LogP contribution in [0, 0.1) is 0 Å². The van der Waals surface area contributed by atoms with Gasteiger partial charge in [0.1, 0.15) is 0 Å². The van der Waals surface area contributed by atoms with Crippen LogP contribution in [0.4, 0.5) is 11.4 Å². The van der Waals surface area contributed by atoms with E-state index < -0.39 is 0 Å². The summed E-state index contributed by atoms with van der Waals surface area (Å²) in [4.78, 5) is 11.5. The van der Waals surface area contributed by atoms with Gasteiger partial charge in [0, 0.05) is 5.56 Å². The van der Waals surface area contributed by atoms with Gasteiger partial charge in [-0.1, -0.05) is 12.6 Å². The summed E-state index contributed by atoms with van der Waals surface area (Å²) in [7, 11) is 0. The van der Waals surface area contributed by atoms with Gasteiger partial charge in [0.15, 0.2) is 5.78 Å². The molecule has 1 aromatic rings. The minimum atomic E-state index is -0.162. The number of nitrogen functional groups attached to an aromatic ring is 2. The summed E-state index contributed by atoms with van der Waals surface area (Å²) in [6, 6.07) is 5.00. The fraction of sp³-hybridized carbons (Fsp3) is 0.100. The van der Waals surface area contributed by atoms with E-state index in [2.05, 4.69) is 6.58 Å². The van der Waals surface area contributed by atoms with Crippen molar-refractivity contribution in [3.05, 3.63) is 35.9 Å². The first-order valence-corrected chi connectivity index (χ1v) is 3.88. The number of hydrogen-bond acceptors (Lipinski definition) is 3. The SMILES string of the molecule is C=C(C)C(=O)c1cccc(N)c1N. The van der Waals surface area contributed by atoms with Crippen molar-refractivity contribution in [1.82, 2.24) is 0 Å². The Kier molecular flexibility index (Phi) is 2.37. The van der Waals surface area contributed by atoms with Crippen LogP contribution in [0.2, 0.25) is 0 Å². The average Bonchev–Trinajstić information content (AvgIpc) is 2.08. The van der Waals surface area contributed by atoms with Crippen molar-refractivity contribution < 1.29 is 4.79 Å². The molecule has 0 radical (unpaired) electrons. The normalized spacial score (nSPS) is 9.62. The van der Waals surface area contributed by atoms with E-state index in [1.54, 1.807) is 25.1 Å². The number of rotatable bonds is 2. The Morgan fingerprint density at radius 1 is 1.38 bits per heavy atom. The quantitative estimate of drug-likeness (QED) is 0.408. The Bertz CT molecular complexity index is 369. The van der Waals surface area contributed by atoms with Crippen LogP contribution in [-0.4, -0.2) is 5.78 Å². The van der Waals surface area contributed by atoms with Crippen LogP contribution in [0.15, 0.2) is 30.4 Å². The molecule has 0 amide bonds. The fourth-order valence-corrected chi connectivity index (χ4v) is 1.01. The van der Waals surface area contributed by atoms with Crippen LogP contribution in [0.3, 0.4) is 0 Å². The zero-order valence-corrected chi connectivity index (χ0v) is 7.50. The molecule has 0 unspecified atom stereocenters. The molecule has 0 aliphatic heterocycles. The maximum absolute atomic E-state index is 11.5. The topological polar surface area (TPSA) is 69.1 Å². The molecule has 1 aromatic carbocycles. The van der Waals surface area contributed by atoms with Gasteiger partial charge in [-0.15, -0.1) is 0 Å². The lowest BCUT2D eigenvalue weighted by Crippen LogP contribution is -2.06. The molecule has 13 heavy (non-hydrogen) atoms. The van der Waals surface area contributed by atoms with Gasteiger partial charge in [-0.25, -0.2) is 0 Å². The zero-order chi connectivity index (χ0) is 10.0. The Morgan fingerprint density at radius 3 is 2.54 bits per heavy atom. The highest BCUT2D eigenvalue weighted by molar-refractivity contribution is 6.12. The van der Waals surface area contributed by atoms with E-state index in [0.717, 1.165) is 0 Å². The minimum absolute atomic E-state index is 0.162. The first-order valence-electron chi connectivity index (χ1n) is 3.88. The summed E-state index contributed by atoms with van der Waals surface area (Å²) >= 11 is 0. The second-order valence-electron chi connectivity index (χ2n) is 2.92. The number of ketones is 1. The van der Waals surface area contributed by atoms with Gasteiger partial charge in [0.2, 0.25) is 0 Å². The summed E-state index contributed by atoms with van der Waals surface area (Å²) in [6.07, 6.45) is 0. The Hall–Kier alpha value is -1.77. The second-order valence-corrected chi connectivity index (χ2v) is 2.92. The number of nitrogens with two attached hydrogens (primary N) is 2. The van der Waals surface area contributed by atoms with E-state index in [-0.39, 0.29) is 5.78 Å². The van der Waals surface area contributed by atoms with E-state index in [9.17, 15) is 4.79 Å². The molecule has 0 fully saturated rings. The van der Waals surface area contributed by atoms with E-state index in [1.807, 2.05) is 0 Å². The van der Waals surface area contributed by atoms with Gasteiger partial charge in [-0.2, -0.15) is 0 Å². The second kappa shape index (κ2) is 3.31. The molecular weight excluding hydrogens is 164 g/mol. The van der Waals surface area contributed by atoms with Crippen molar-refractivity contribution in [2.24, 2.45) is 0 Å². The molecule has 0 saturated heterocycles. The average molecular weight is 176 g/mol. The molecular formula is C10H12N2O. The molecule has 0 bridgehead atoms. The van der Waals surface area contributed by atoms with Crippen LogP contribution in [0.5, 0.6) is 0 Å². The predicted molar refractivity (Wildman–Crippen MR) is 54.4 cm³/mol. The molecule has 0 aliphatic rings. The lowest BCUT2D eigenvalue weighted by Gasteiger charge is -2.06. The third-order valence-electron chi connectivity index (χ3n) is 1.77. The highest BCUT2D eigenvalue weighted by Gasteiger charge is 2.11. The van der Waals surface area contributed by atoms with E-state index >= 15 is 0 Å². The molecule has 3 heteroatoms. The van der Waals surface area contributed by atoms with Gasteiger partial charge in [-0.3, -0.25) is 4.79 Å². The van der Waals surface area contributed by atoms with E-state index in [0.29, 0.717) is 22.5 Å². The molecule has 1 rings (SSSR count). The zero-order valence-electron chi connectivity index (χ0n) is 7.50. The monoisotopic (exact) mass is 176 g/mol. The third-order valence-corrected chi connectivity index (χ3v) is 1.77. The highest BCUT2D eigenvalue weighted by atomic mass is 16.1. The van der Waals surface area contributed by atoms with Gasteiger partial charge in [0.25, 0.3) is 0 Å². The molecule has 0 saturated carbocycles. The molecule has 0 aromatic heterocycles. The summed E-state index contributed by atoms with van der Waals surface area (Å²) in [5.41, 5.74) is 12.8. The number of benzene rings is 1. The molecule has 0 heterocycles. The number of hydrogen-bond donors (Lipinski definition) is 2. The van der Waals surface area contributed by atoms with E-state index in [4.69, 9.17) is 11.5 Å². The molecule has 3 nitrogen and oxygen atoms in total. The minimum Gasteiger partial charge on any atom is -0.397 e. The van der Waals surface area contributed by atoms with Crippen LogP contribution in [-0.2, 0) is 0 Å². The number of carbonyl (C=O) groups is 1. The summed E-state index contributed by atoms with van der Waals surface area (Å²) < 4.78 is 0. The molecule has 4 N–H and O–H groups in total. The summed E-state index contributed by atoms with van der Waals surface area (Å²) in [6.45, 7) is 5.20. The largest absolute Gasteiger partial charge is 0.397 e. The van der Waals surface area contributed by atoms with Gasteiger partial charge < -0.3 is 11.5 Å². The highest BCUT2D eigenvalue weighted by Crippen LogP contribution is 2.21. The number of carbonyl (C=O) groups excluding carboxylic acids is 1. The maximum atomic E-state index is 11.5. The fourth-order valence-electron chi connectivity index (χ4n) is 1.01. The van der Waals surface area contributed by atoms with Gasteiger partial charge >= 0.3 is 0 Å². The van der Waals surface area contributed by atoms with Crippen molar-refractivity contribution in [1.29, 1.82) is 0 Å². The lowest BCUT2D eigenvalue weighted by molar-refractivity contribution is 0.103. The molecule has 0 spiro atoms. The smallest absolute Gasteiger partial charge is 0.190 e. The van der Waals surface area contributed by atoms with Crippen molar-refractivity contribution >= 4 is 17.2 Å². The molecule has 0 atom stereocenters.